The van der Waals surface area contributed by atoms with Crippen LogP contribution in [0.1, 0.15) is 27.0 Å². The minimum Gasteiger partial charge on any atom is -0.406 e. The van der Waals surface area contributed by atoms with Gasteiger partial charge in [0.05, 0.1) is 28.8 Å². The molecule has 2 heterocycles. The minimum absolute atomic E-state index is 0.0514. The van der Waals surface area contributed by atoms with E-state index in [1.807, 2.05) is 0 Å². The average Bonchev–Trinajstić information content (AvgIpc) is 3.51. The van der Waals surface area contributed by atoms with Gasteiger partial charge in [0.1, 0.15) is 5.75 Å². The van der Waals surface area contributed by atoms with Gasteiger partial charge in [-0.05, 0) is 77.0 Å². The monoisotopic (exact) mass is 590 g/mol. The number of halogens is 6. The molecule has 218 valence electrons. The zero-order chi connectivity index (χ0) is 30.2. The quantitative estimate of drug-likeness (QED) is 0.262. The Balaban J connectivity index is 1.58. The summed E-state index contributed by atoms with van der Waals surface area (Å²) in [6, 6.07) is 13.2. The molecule has 0 saturated carbocycles. The summed E-state index contributed by atoms with van der Waals surface area (Å²) >= 11 is 0. The second-order valence-electron chi connectivity index (χ2n) is 9.16. The largest absolute Gasteiger partial charge is 0.573 e. The normalized spacial score (nSPS) is 12.6. The molecular weight excluding hydrogens is 570 g/mol. The predicted octanol–water partition coefficient (Wildman–Crippen LogP) is 5.25. The number of benzene rings is 3. The first-order chi connectivity index (χ1) is 19.8. The molecule has 5 rings (SSSR count). The lowest BCUT2D eigenvalue weighted by molar-refractivity contribution is -0.274. The maximum atomic E-state index is 13.7. The van der Waals surface area contributed by atoms with E-state index in [2.05, 4.69) is 35.7 Å². The Labute approximate surface area is 232 Å². The molecule has 0 aliphatic heterocycles. The molecule has 0 saturated heterocycles. The first-order valence-electron chi connectivity index (χ1n) is 12.1. The van der Waals surface area contributed by atoms with E-state index < -0.39 is 29.8 Å². The molecule has 0 spiro atoms. The Morgan fingerprint density at radius 2 is 1.71 bits per heavy atom. The number of amides is 1. The highest BCUT2D eigenvalue weighted by atomic mass is 19.4. The van der Waals surface area contributed by atoms with Crippen LogP contribution in [0.3, 0.4) is 0 Å². The number of aryl methyl sites for hydroxylation is 2. The standard InChI is InChI=1S/C26H20F6N8O2/c1-14-11-17(25(27,28)29)12-20-21(14)39(2)24(33-18-7-9-19(10-8-18)42-26(30,31)32)40(20)13-15-3-5-16(6-4-15)22(41)34-23-35-37-38-36-23/h3-12H,13H2,1-2H3,(H2,34,35,36,37,38,41)/b33-24+. The Kier molecular flexibility index (Phi) is 7.22. The number of aromatic amines is 1. The maximum absolute atomic E-state index is 13.7. The number of fused-ring (bicyclic) bond motifs is 1. The molecule has 1 amide bonds. The molecule has 2 N–H and O–H groups in total. The van der Waals surface area contributed by atoms with Gasteiger partial charge in [-0.2, -0.15) is 13.2 Å². The molecule has 0 fully saturated rings. The molecule has 42 heavy (non-hydrogen) atoms. The highest BCUT2D eigenvalue weighted by molar-refractivity contribution is 6.03. The molecule has 0 radical (unpaired) electrons. The van der Waals surface area contributed by atoms with E-state index in [1.54, 1.807) is 35.2 Å². The number of imidazole rings is 1. The third-order valence-corrected chi connectivity index (χ3v) is 6.21. The van der Waals surface area contributed by atoms with Crippen LogP contribution in [0.2, 0.25) is 0 Å². The zero-order valence-electron chi connectivity index (χ0n) is 21.7. The summed E-state index contributed by atoms with van der Waals surface area (Å²) in [5.41, 5.74) is 1.60. The molecule has 5 aromatic rings. The van der Waals surface area contributed by atoms with Crippen molar-refractivity contribution >= 4 is 28.6 Å². The van der Waals surface area contributed by atoms with Crippen molar-refractivity contribution in [1.82, 2.24) is 29.8 Å². The second kappa shape index (κ2) is 10.7. The van der Waals surface area contributed by atoms with Crippen molar-refractivity contribution in [3.63, 3.8) is 0 Å². The average molecular weight is 590 g/mol. The fourth-order valence-electron chi connectivity index (χ4n) is 4.42. The summed E-state index contributed by atoms with van der Waals surface area (Å²) in [4.78, 5) is 17.0. The maximum Gasteiger partial charge on any atom is 0.573 e. The number of aromatic nitrogens is 6. The van der Waals surface area contributed by atoms with Crippen LogP contribution in [-0.4, -0.2) is 42.0 Å². The number of hydrogen-bond donors (Lipinski definition) is 2. The number of nitrogens with one attached hydrogen (secondary N) is 2. The smallest absolute Gasteiger partial charge is 0.406 e. The summed E-state index contributed by atoms with van der Waals surface area (Å²) in [6.07, 6.45) is -9.47. The first-order valence-corrected chi connectivity index (χ1v) is 12.1. The van der Waals surface area contributed by atoms with Crippen LogP contribution in [0.25, 0.3) is 11.0 Å². The van der Waals surface area contributed by atoms with Crippen molar-refractivity contribution in [3.05, 3.63) is 88.5 Å². The number of ether oxygens (including phenoxy) is 1. The van der Waals surface area contributed by atoms with Gasteiger partial charge in [0, 0.05) is 12.6 Å². The van der Waals surface area contributed by atoms with E-state index in [1.165, 1.54) is 24.3 Å². The Bertz CT molecular complexity index is 1800. The summed E-state index contributed by atoms with van der Waals surface area (Å²) in [5, 5.41) is 15.2. The van der Waals surface area contributed by atoms with Gasteiger partial charge in [-0.15, -0.1) is 13.2 Å². The molecular formula is C26H20F6N8O2. The lowest BCUT2D eigenvalue weighted by Gasteiger charge is -2.11. The van der Waals surface area contributed by atoms with E-state index in [4.69, 9.17) is 0 Å². The molecule has 0 bridgehead atoms. The van der Waals surface area contributed by atoms with Crippen molar-refractivity contribution in [2.45, 2.75) is 26.0 Å². The number of alkyl halides is 6. The molecule has 16 heteroatoms. The second-order valence-corrected chi connectivity index (χ2v) is 9.16. The van der Waals surface area contributed by atoms with Crippen LogP contribution in [0.15, 0.2) is 65.7 Å². The summed E-state index contributed by atoms with van der Waals surface area (Å²) < 4.78 is 86.0. The predicted molar refractivity (Wildman–Crippen MR) is 137 cm³/mol. The van der Waals surface area contributed by atoms with E-state index in [9.17, 15) is 31.1 Å². The van der Waals surface area contributed by atoms with Crippen LogP contribution >= 0.6 is 0 Å². The molecule has 3 aromatic carbocycles. The van der Waals surface area contributed by atoms with E-state index >= 15 is 0 Å². The third kappa shape index (κ3) is 6.11. The number of carbonyl (C=O) groups is 1. The van der Waals surface area contributed by atoms with Crippen LogP contribution < -0.4 is 15.7 Å². The molecule has 0 aliphatic rings. The summed E-state index contributed by atoms with van der Waals surface area (Å²) in [5.74, 6) is -0.881. The van der Waals surface area contributed by atoms with Crippen molar-refractivity contribution < 1.29 is 35.9 Å². The van der Waals surface area contributed by atoms with Crippen molar-refractivity contribution in [2.24, 2.45) is 12.0 Å². The molecule has 2 aromatic heterocycles. The first kappa shape index (κ1) is 28.4. The van der Waals surface area contributed by atoms with Gasteiger partial charge in [0.2, 0.25) is 11.6 Å². The van der Waals surface area contributed by atoms with Gasteiger partial charge >= 0.3 is 12.5 Å². The van der Waals surface area contributed by atoms with Crippen molar-refractivity contribution in [2.75, 3.05) is 5.32 Å². The van der Waals surface area contributed by atoms with E-state index in [0.29, 0.717) is 16.6 Å². The highest BCUT2D eigenvalue weighted by Gasteiger charge is 2.32. The number of H-pyrrole nitrogens is 1. The van der Waals surface area contributed by atoms with Gasteiger partial charge < -0.3 is 13.9 Å². The van der Waals surface area contributed by atoms with E-state index in [0.717, 1.165) is 24.3 Å². The topological polar surface area (TPSA) is 115 Å². The van der Waals surface area contributed by atoms with Gasteiger partial charge in [0.25, 0.3) is 5.91 Å². The third-order valence-electron chi connectivity index (χ3n) is 6.21. The Hall–Kier alpha value is -5.15. The van der Waals surface area contributed by atoms with Crippen molar-refractivity contribution in [3.8, 4) is 5.75 Å². The number of carbonyl (C=O) groups excluding carboxylic acids is 1. The minimum atomic E-state index is -4.87. The number of nitrogens with zero attached hydrogens (tertiary/aromatic N) is 6. The van der Waals surface area contributed by atoms with Crippen LogP contribution in [-0.2, 0) is 19.8 Å². The van der Waals surface area contributed by atoms with Crippen molar-refractivity contribution in [1.29, 1.82) is 0 Å². The van der Waals surface area contributed by atoms with E-state index in [-0.39, 0.29) is 34.9 Å². The van der Waals surface area contributed by atoms with Gasteiger partial charge in [0.15, 0.2) is 0 Å². The van der Waals surface area contributed by atoms with Gasteiger partial charge in [-0.25, -0.2) is 10.1 Å². The number of rotatable bonds is 6. The summed E-state index contributed by atoms with van der Waals surface area (Å²) in [6.45, 7) is 1.60. The van der Waals surface area contributed by atoms with Gasteiger partial charge in [-0.3, -0.25) is 10.1 Å². The molecule has 10 nitrogen and oxygen atoms in total. The Morgan fingerprint density at radius 3 is 2.31 bits per heavy atom. The lowest BCUT2D eigenvalue weighted by atomic mass is 10.1. The Morgan fingerprint density at radius 1 is 1.02 bits per heavy atom. The molecule has 0 atom stereocenters. The highest BCUT2D eigenvalue weighted by Crippen LogP contribution is 2.33. The SMILES string of the molecule is Cc1cc(C(F)(F)F)cc2c1n(C)/c(=N\c1ccc(OC(F)(F)F)cc1)n2Cc1ccc(C(=O)Nc2nnn[nH]2)cc1. The van der Waals surface area contributed by atoms with Crippen LogP contribution in [0.5, 0.6) is 5.75 Å². The fraction of sp³-hybridized carbons (Fsp3) is 0.192. The molecule has 0 aliphatic carbocycles. The molecule has 0 unspecified atom stereocenters. The summed E-state index contributed by atoms with van der Waals surface area (Å²) in [7, 11) is 1.63. The fourth-order valence-corrected chi connectivity index (χ4v) is 4.42. The number of hydrogen-bond acceptors (Lipinski definition) is 6. The number of tetrazole rings is 1. The zero-order valence-corrected chi connectivity index (χ0v) is 21.7. The van der Waals surface area contributed by atoms with Crippen LogP contribution in [0.4, 0.5) is 38.0 Å². The van der Waals surface area contributed by atoms with Gasteiger partial charge in [-0.1, -0.05) is 17.2 Å². The lowest BCUT2D eigenvalue weighted by Crippen LogP contribution is -2.24. The number of anilines is 1. The van der Waals surface area contributed by atoms with Crippen LogP contribution in [0, 0.1) is 6.92 Å².